The number of nitriles is 1. The fourth-order valence-corrected chi connectivity index (χ4v) is 1.64. The van der Waals surface area contributed by atoms with E-state index in [1.165, 1.54) is 0 Å². The Labute approximate surface area is 66.9 Å². The zero-order chi connectivity index (χ0) is 8.91. The molecule has 0 bridgehead atoms. The van der Waals surface area contributed by atoms with E-state index in [1.807, 2.05) is 0 Å². The van der Waals surface area contributed by atoms with Crippen LogP contribution in [-0.4, -0.2) is 20.3 Å². The van der Waals surface area contributed by atoms with Crippen molar-refractivity contribution >= 4 is 10.1 Å². The lowest BCUT2D eigenvalue weighted by molar-refractivity contribution is 0.334. The van der Waals surface area contributed by atoms with Gasteiger partial charge in [-0.25, -0.2) is 0 Å². The number of nitrogens with zero attached hydrogens (tertiary/aromatic N) is 1. The lowest BCUT2D eigenvalue weighted by Gasteiger charge is -2.05. The third kappa shape index (κ3) is 2.87. The van der Waals surface area contributed by atoms with E-state index in [4.69, 9.17) is 5.26 Å². The summed E-state index contributed by atoms with van der Waals surface area (Å²) in [5, 5.41) is 7.35. The summed E-state index contributed by atoms with van der Waals surface area (Å²) in [6, 6.07) is 1.66. The van der Waals surface area contributed by atoms with Gasteiger partial charge in [-0.1, -0.05) is 6.92 Å². The van der Waals surface area contributed by atoms with Crippen LogP contribution >= 0.6 is 0 Å². The van der Waals surface area contributed by atoms with E-state index in [1.54, 1.807) is 19.9 Å². The van der Waals surface area contributed by atoms with Gasteiger partial charge in [-0.2, -0.15) is 13.7 Å². The molecule has 0 saturated heterocycles. The lowest BCUT2D eigenvalue weighted by Crippen LogP contribution is -2.20. The molecule has 0 rings (SSSR count). The summed E-state index contributed by atoms with van der Waals surface area (Å²) >= 11 is 0. The van der Waals surface area contributed by atoms with Gasteiger partial charge in [-0.3, -0.25) is 4.18 Å². The topological polar surface area (TPSA) is 67.2 Å². The molecular weight excluding hydrogens is 166 g/mol. The van der Waals surface area contributed by atoms with Gasteiger partial charge in [0.2, 0.25) is 0 Å². The highest BCUT2D eigenvalue weighted by atomic mass is 32.2. The van der Waals surface area contributed by atoms with Crippen LogP contribution in [0.5, 0.6) is 0 Å². The maximum atomic E-state index is 10.9. The lowest BCUT2D eigenvalue weighted by atomic mass is 10.4. The first-order valence-corrected chi connectivity index (χ1v) is 4.83. The van der Waals surface area contributed by atoms with E-state index in [0.717, 1.165) is 0 Å². The summed E-state index contributed by atoms with van der Waals surface area (Å²) in [4.78, 5) is 0. The molecule has 1 atom stereocenters. The normalized spacial score (nSPS) is 13.9. The van der Waals surface area contributed by atoms with Crippen molar-refractivity contribution in [1.29, 1.82) is 5.26 Å². The predicted octanol–water partition coefficient (Wildman–Crippen LogP) is 0.655. The molecule has 0 spiro atoms. The minimum absolute atomic E-state index is 0.0838. The summed E-state index contributed by atoms with van der Waals surface area (Å²) in [6.07, 6.45) is 0.263. The average molecular weight is 177 g/mol. The van der Waals surface area contributed by atoms with Crippen molar-refractivity contribution in [2.24, 2.45) is 0 Å². The van der Waals surface area contributed by atoms with E-state index in [-0.39, 0.29) is 13.0 Å². The maximum absolute atomic E-state index is 10.9. The maximum Gasteiger partial charge on any atom is 0.283 e. The Morgan fingerprint density at radius 1 is 1.55 bits per heavy atom. The van der Waals surface area contributed by atoms with Crippen LogP contribution in [0.4, 0.5) is 0 Å². The van der Waals surface area contributed by atoms with Crippen molar-refractivity contribution in [3.05, 3.63) is 0 Å². The first-order valence-electron chi connectivity index (χ1n) is 3.36. The van der Waals surface area contributed by atoms with Gasteiger partial charge in [0.1, 0.15) is 0 Å². The molecule has 5 heteroatoms. The second-order valence-electron chi connectivity index (χ2n) is 1.93. The third-order valence-corrected chi connectivity index (χ3v) is 2.85. The monoisotopic (exact) mass is 177 g/mol. The van der Waals surface area contributed by atoms with E-state index < -0.39 is 15.4 Å². The smallest absolute Gasteiger partial charge is 0.269 e. The highest BCUT2D eigenvalue weighted by Crippen LogP contribution is 2.06. The van der Waals surface area contributed by atoms with Gasteiger partial charge in [0, 0.05) is 0 Å². The molecule has 0 amide bonds. The Balaban J connectivity index is 4.43. The highest BCUT2D eigenvalue weighted by molar-refractivity contribution is 7.87. The molecule has 0 aliphatic heterocycles. The van der Waals surface area contributed by atoms with Crippen molar-refractivity contribution in [2.75, 3.05) is 6.61 Å². The second kappa shape index (κ2) is 4.31. The summed E-state index contributed by atoms with van der Waals surface area (Å²) in [5.41, 5.74) is 0. The summed E-state index contributed by atoms with van der Waals surface area (Å²) in [5.74, 6) is 0. The van der Waals surface area contributed by atoms with Crippen LogP contribution in [-0.2, 0) is 14.3 Å². The standard InChI is InChI=1S/C6H11NO3S/c1-3-6(5-7)11(8,9)10-4-2/h6H,3-4H2,1-2H3. The van der Waals surface area contributed by atoms with E-state index >= 15 is 0 Å². The van der Waals surface area contributed by atoms with Gasteiger partial charge in [-0.15, -0.1) is 0 Å². The van der Waals surface area contributed by atoms with Crippen LogP contribution in [0.3, 0.4) is 0 Å². The molecule has 11 heavy (non-hydrogen) atoms. The number of hydrogen-bond donors (Lipinski definition) is 0. The molecule has 0 N–H and O–H groups in total. The molecule has 0 aliphatic carbocycles. The quantitative estimate of drug-likeness (QED) is 0.591. The first kappa shape index (κ1) is 10.4. The van der Waals surface area contributed by atoms with Crippen molar-refractivity contribution < 1.29 is 12.6 Å². The Morgan fingerprint density at radius 2 is 2.09 bits per heavy atom. The molecule has 0 aromatic rings. The number of rotatable bonds is 4. The minimum Gasteiger partial charge on any atom is -0.269 e. The van der Waals surface area contributed by atoms with Gasteiger partial charge in [-0.05, 0) is 13.3 Å². The van der Waals surface area contributed by atoms with Crippen molar-refractivity contribution in [3.8, 4) is 6.07 Å². The van der Waals surface area contributed by atoms with Gasteiger partial charge >= 0.3 is 0 Å². The largest absolute Gasteiger partial charge is 0.283 e. The predicted molar refractivity (Wildman–Crippen MR) is 40.2 cm³/mol. The summed E-state index contributed by atoms with van der Waals surface area (Å²) in [6.45, 7) is 3.28. The van der Waals surface area contributed by atoms with Crippen LogP contribution < -0.4 is 0 Å². The highest BCUT2D eigenvalue weighted by Gasteiger charge is 2.23. The molecule has 0 saturated carbocycles. The average Bonchev–Trinajstić information content (AvgIpc) is 1.89. The molecule has 0 aliphatic rings. The molecule has 0 aromatic carbocycles. The zero-order valence-corrected chi connectivity index (χ0v) is 7.39. The fourth-order valence-electron chi connectivity index (χ4n) is 0.606. The fraction of sp³-hybridized carbons (Fsp3) is 0.833. The van der Waals surface area contributed by atoms with Crippen molar-refractivity contribution in [3.63, 3.8) is 0 Å². The van der Waals surface area contributed by atoms with E-state index in [0.29, 0.717) is 0 Å². The van der Waals surface area contributed by atoms with E-state index in [9.17, 15) is 8.42 Å². The molecule has 0 radical (unpaired) electrons. The van der Waals surface area contributed by atoms with Gasteiger partial charge in [0.15, 0.2) is 5.25 Å². The van der Waals surface area contributed by atoms with E-state index in [2.05, 4.69) is 4.18 Å². The Morgan fingerprint density at radius 3 is 2.36 bits per heavy atom. The molecule has 0 fully saturated rings. The second-order valence-corrected chi connectivity index (χ2v) is 3.72. The molecule has 1 unspecified atom stereocenters. The molecule has 0 aromatic heterocycles. The van der Waals surface area contributed by atoms with Gasteiger partial charge in [0.25, 0.3) is 10.1 Å². The number of hydrogen-bond acceptors (Lipinski definition) is 4. The first-order chi connectivity index (χ1) is 5.08. The Bertz CT molecular complexity index is 239. The van der Waals surface area contributed by atoms with Crippen LogP contribution in [0.15, 0.2) is 0 Å². The van der Waals surface area contributed by atoms with Crippen LogP contribution in [0.25, 0.3) is 0 Å². The molecular formula is C6H11NO3S. The summed E-state index contributed by atoms with van der Waals surface area (Å²) in [7, 11) is -3.63. The zero-order valence-electron chi connectivity index (χ0n) is 6.57. The molecule has 0 heterocycles. The van der Waals surface area contributed by atoms with Gasteiger partial charge in [0.05, 0.1) is 12.7 Å². The van der Waals surface area contributed by atoms with Crippen LogP contribution in [0.1, 0.15) is 20.3 Å². The Hall–Kier alpha value is -0.600. The van der Waals surface area contributed by atoms with Crippen molar-refractivity contribution in [2.45, 2.75) is 25.5 Å². The molecule has 4 nitrogen and oxygen atoms in total. The van der Waals surface area contributed by atoms with Crippen molar-refractivity contribution in [1.82, 2.24) is 0 Å². The van der Waals surface area contributed by atoms with Crippen LogP contribution in [0, 0.1) is 11.3 Å². The SMILES string of the molecule is CCOS(=O)(=O)C(C#N)CC. The summed E-state index contributed by atoms with van der Waals surface area (Å²) < 4.78 is 26.3. The Kier molecular flexibility index (Phi) is 4.08. The van der Waals surface area contributed by atoms with Crippen LogP contribution in [0.2, 0.25) is 0 Å². The molecule has 64 valence electrons. The third-order valence-electron chi connectivity index (χ3n) is 1.15. The minimum atomic E-state index is -3.63. The van der Waals surface area contributed by atoms with Gasteiger partial charge < -0.3 is 0 Å².